The van der Waals surface area contributed by atoms with Crippen molar-refractivity contribution < 1.29 is 4.79 Å². The predicted molar refractivity (Wildman–Crippen MR) is 113 cm³/mol. The van der Waals surface area contributed by atoms with E-state index in [-0.39, 0.29) is 5.78 Å². The van der Waals surface area contributed by atoms with E-state index in [1.165, 1.54) is 11.1 Å². The highest BCUT2D eigenvalue weighted by Gasteiger charge is 2.15. The highest BCUT2D eigenvalue weighted by atomic mass is 35.5. The fraction of sp³-hybridized carbons (Fsp3) is 0.409. The van der Waals surface area contributed by atoms with Gasteiger partial charge in [-0.1, -0.05) is 49.2 Å². The Morgan fingerprint density at radius 2 is 2.00 bits per heavy atom. The van der Waals surface area contributed by atoms with Gasteiger partial charge >= 0.3 is 0 Å². The van der Waals surface area contributed by atoms with Gasteiger partial charge in [-0.2, -0.15) is 0 Å². The van der Waals surface area contributed by atoms with Crippen LogP contribution in [0.1, 0.15) is 66.4 Å². The first-order chi connectivity index (χ1) is 12.6. The van der Waals surface area contributed by atoms with Crippen molar-refractivity contribution in [2.75, 3.05) is 6.26 Å². The largest absolute Gasteiger partial charge is 0.326 e. The summed E-state index contributed by atoms with van der Waals surface area (Å²) in [7, 11) is 0. The first-order valence-electron chi connectivity index (χ1n) is 9.24. The summed E-state index contributed by atoms with van der Waals surface area (Å²) in [5.74, 6) is 0.615. The number of carbonyl (C=O) groups excluding carboxylic acids is 1. The van der Waals surface area contributed by atoms with Crippen LogP contribution in [0.15, 0.2) is 47.4 Å². The maximum atomic E-state index is 12.6. The number of hydrogen-bond donors (Lipinski definition) is 1. The van der Waals surface area contributed by atoms with Crippen LogP contribution in [-0.4, -0.2) is 12.0 Å². The Morgan fingerprint density at radius 1 is 1.19 bits per heavy atom. The molecule has 2 aromatic carbocycles. The van der Waals surface area contributed by atoms with E-state index < -0.39 is 0 Å². The summed E-state index contributed by atoms with van der Waals surface area (Å²) in [6.07, 6.45) is 6.68. The Bertz CT molecular complexity index is 732. The molecule has 0 saturated carbocycles. The summed E-state index contributed by atoms with van der Waals surface area (Å²) in [6.45, 7) is 2.77. The number of thioether (sulfide) groups is 1. The molecule has 0 saturated heterocycles. The van der Waals surface area contributed by atoms with Crippen LogP contribution >= 0.6 is 23.4 Å². The normalized spacial score (nSPS) is 12.2. The lowest BCUT2D eigenvalue weighted by molar-refractivity contribution is 0.0978. The van der Waals surface area contributed by atoms with Gasteiger partial charge in [0.1, 0.15) is 0 Å². The second-order valence-corrected chi connectivity index (χ2v) is 7.88. The molecule has 2 N–H and O–H groups in total. The lowest BCUT2D eigenvalue weighted by Crippen LogP contribution is -2.05. The molecular weight excluding hydrogens is 362 g/mol. The van der Waals surface area contributed by atoms with Crippen LogP contribution in [0.25, 0.3) is 0 Å². The number of Topliss-reactive ketones (excluding diaryl/α,β-unsaturated/α-hetero) is 1. The van der Waals surface area contributed by atoms with Crippen LogP contribution in [-0.2, 0) is 6.54 Å². The third-order valence-corrected chi connectivity index (χ3v) is 5.78. The number of halogens is 1. The molecule has 0 bridgehead atoms. The second kappa shape index (κ2) is 10.8. The van der Waals surface area contributed by atoms with E-state index >= 15 is 0 Å². The third kappa shape index (κ3) is 5.87. The molecule has 0 aliphatic heterocycles. The van der Waals surface area contributed by atoms with Crippen LogP contribution in [0.5, 0.6) is 0 Å². The number of rotatable bonds is 10. The number of hydrogen-bond acceptors (Lipinski definition) is 3. The summed E-state index contributed by atoms with van der Waals surface area (Å²) < 4.78 is 0. The van der Waals surface area contributed by atoms with Crippen molar-refractivity contribution >= 4 is 29.1 Å². The Kier molecular flexibility index (Phi) is 8.70. The molecule has 0 fully saturated rings. The molecule has 0 aromatic heterocycles. The Morgan fingerprint density at radius 3 is 2.69 bits per heavy atom. The molecule has 2 aromatic rings. The first-order valence-corrected chi connectivity index (χ1v) is 10.8. The second-order valence-electron chi connectivity index (χ2n) is 6.60. The van der Waals surface area contributed by atoms with E-state index in [9.17, 15) is 4.79 Å². The Labute approximate surface area is 166 Å². The van der Waals surface area contributed by atoms with Crippen molar-refractivity contribution in [3.8, 4) is 0 Å². The van der Waals surface area contributed by atoms with Gasteiger partial charge in [-0.15, -0.1) is 11.8 Å². The SMILES string of the molecule is CCCC(CCCC(=O)c1cc(SC)ccc1Cl)c1cccc(CN)c1. The van der Waals surface area contributed by atoms with Gasteiger partial charge in [0.2, 0.25) is 0 Å². The van der Waals surface area contributed by atoms with E-state index in [2.05, 4.69) is 31.2 Å². The summed E-state index contributed by atoms with van der Waals surface area (Å²) in [5.41, 5.74) is 8.93. The van der Waals surface area contributed by atoms with E-state index in [0.29, 0.717) is 29.5 Å². The van der Waals surface area contributed by atoms with Gasteiger partial charge in [0, 0.05) is 23.4 Å². The van der Waals surface area contributed by atoms with Gasteiger partial charge in [-0.05, 0) is 60.8 Å². The zero-order valence-corrected chi connectivity index (χ0v) is 17.2. The van der Waals surface area contributed by atoms with Gasteiger partial charge < -0.3 is 5.73 Å². The lowest BCUT2D eigenvalue weighted by Gasteiger charge is -2.17. The highest BCUT2D eigenvalue weighted by Crippen LogP contribution is 2.29. The zero-order valence-electron chi connectivity index (χ0n) is 15.6. The maximum Gasteiger partial charge on any atom is 0.164 e. The molecule has 140 valence electrons. The molecule has 1 unspecified atom stereocenters. The van der Waals surface area contributed by atoms with Crippen molar-refractivity contribution in [1.29, 1.82) is 0 Å². The van der Waals surface area contributed by atoms with Crippen LogP contribution in [0, 0.1) is 0 Å². The molecule has 2 rings (SSSR count). The van der Waals surface area contributed by atoms with E-state index in [1.54, 1.807) is 11.8 Å². The van der Waals surface area contributed by atoms with Crippen molar-refractivity contribution in [3.63, 3.8) is 0 Å². The minimum absolute atomic E-state index is 0.136. The monoisotopic (exact) mass is 389 g/mol. The summed E-state index contributed by atoms with van der Waals surface area (Å²) >= 11 is 7.85. The summed E-state index contributed by atoms with van der Waals surface area (Å²) in [6, 6.07) is 14.2. The molecule has 1 atom stereocenters. The van der Waals surface area contributed by atoms with Gasteiger partial charge in [0.05, 0.1) is 5.02 Å². The van der Waals surface area contributed by atoms with Crippen LogP contribution < -0.4 is 5.73 Å². The van der Waals surface area contributed by atoms with E-state index in [4.69, 9.17) is 17.3 Å². The van der Waals surface area contributed by atoms with Crippen molar-refractivity contribution in [2.45, 2.75) is 56.4 Å². The van der Waals surface area contributed by atoms with E-state index in [1.807, 2.05) is 24.5 Å². The summed E-state index contributed by atoms with van der Waals surface area (Å²) in [5, 5.41) is 0.550. The molecule has 0 amide bonds. The molecule has 0 radical (unpaired) electrons. The molecule has 0 aliphatic rings. The number of ketones is 1. The Hall–Kier alpha value is -1.29. The number of carbonyl (C=O) groups is 1. The smallest absolute Gasteiger partial charge is 0.164 e. The third-order valence-electron chi connectivity index (χ3n) is 4.73. The maximum absolute atomic E-state index is 12.6. The lowest BCUT2D eigenvalue weighted by atomic mass is 9.88. The van der Waals surface area contributed by atoms with Crippen LogP contribution in [0.3, 0.4) is 0 Å². The Balaban J connectivity index is 2.00. The predicted octanol–water partition coefficient (Wildman–Crippen LogP) is 6.46. The number of nitrogens with two attached hydrogens (primary N) is 1. The molecule has 4 heteroatoms. The van der Waals surface area contributed by atoms with Crippen molar-refractivity contribution in [2.24, 2.45) is 5.73 Å². The zero-order chi connectivity index (χ0) is 18.9. The minimum atomic E-state index is 0.136. The molecule has 0 spiro atoms. The molecule has 26 heavy (non-hydrogen) atoms. The molecule has 0 heterocycles. The molecule has 0 aliphatic carbocycles. The fourth-order valence-corrected chi connectivity index (χ4v) is 3.95. The average molecular weight is 390 g/mol. The molecular formula is C22H28ClNOS. The first kappa shape index (κ1) is 21.0. The standard InChI is InChI=1S/C22H28ClNOS/c1-3-6-17(18-9-4-7-16(13-18)15-24)8-5-10-22(25)20-14-19(26-2)11-12-21(20)23/h4,7,9,11-14,17H,3,5-6,8,10,15,24H2,1-2H3. The van der Waals surface area contributed by atoms with Gasteiger partial charge in [0.25, 0.3) is 0 Å². The van der Waals surface area contributed by atoms with Gasteiger partial charge in [0.15, 0.2) is 5.78 Å². The van der Waals surface area contributed by atoms with Gasteiger partial charge in [-0.3, -0.25) is 4.79 Å². The van der Waals surface area contributed by atoms with Crippen LogP contribution in [0.2, 0.25) is 5.02 Å². The van der Waals surface area contributed by atoms with E-state index in [0.717, 1.165) is 30.6 Å². The van der Waals surface area contributed by atoms with Crippen molar-refractivity contribution in [1.82, 2.24) is 0 Å². The summed E-state index contributed by atoms with van der Waals surface area (Å²) in [4.78, 5) is 13.7. The average Bonchev–Trinajstić information content (AvgIpc) is 2.67. The van der Waals surface area contributed by atoms with Crippen molar-refractivity contribution in [3.05, 3.63) is 64.2 Å². The van der Waals surface area contributed by atoms with Gasteiger partial charge in [-0.25, -0.2) is 0 Å². The minimum Gasteiger partial charge on any atom is -0.326 e. The fourth-order valence-electron chi connectivity index (χ4n) is 3.29. The molecule has 2 nitrogen and oxygen atoms in total. The highest BCUT2D eigenvalue weighted by molar-refractivity contribution is 7.98. The topological polar surface area (TPSA) is 43.1 Å². The number of benzene rings is 2. The van der Waals surface area contributed by atoms with Crippen LogP contribution in [0.4, 0.5) is 0 Å². The quantitative estimate of drug-likeness (QED) is 0.374.